The fourth-order valence-electron chi connectivity index (χ4n) is 1.47. The van der Waals surface area contributed by atoms with Crippen molar-refractivity contribution in [1.29, 1.82) is 5.26 Å². The minimum absolute atomic E-state index is 0.0562. The molecule has 0 atom stereocenters. The second kappa shape index (κ2) is 4.09. The summed E-state index contributed by atoms with van der Waals surface area (Å²) in [5.74, 6) is -0.435. The van der Waals surface area contributed by atoms with Crippen molar-refractivity contribution >= 4 is 17.3 Å². The molecule has 1 aliphatic rings. The monoisotopic (exact) mass is 246 g/mol. The van der Waals surface area contributed by atoms with Crippen LogP contribution < -0.4 is 11.1 Å². The average Bonchev–Trinajstić information content (AvgIpc) is 3.09. The summed E-state index contributed by atoms with van der Waals surface area (Å²) in [6, 6.07) is 5.66. The van der Waals surface area contributed by atoms with Gasteiger partial charge in [-0.3, -0.25) is 14.9 Å². The van der Waals surface area contributed by atoms with Crippen LogP contribution in [0.5, 0.6) is 0 Å². The highest BCUT2D eigenvalue weighted by molar-refractivity contribution is 6.01. The van der Waals surface area contributed by atoms with E-state index in [-0.39, 0.29) is 16.9 Å². The highest BCUT2D eigenvalue weighted by Crippen LogP contribution is 2.34. The second-order valence-electron chi connectivity index (χ2n) is 4.21. The Balaban J connectivity index is 2.30. The van der Waals surface area contributed by atoms with Crippen LogP contribution in [0.3, 0.4) is 0 Å². The number of benzene rings is 1. The van der Waals surface area contributed by atoms with E-state index in [1.54, 1.807) is 6.07 Å². The lowest BCUT2D eigenvalue weighted by Gasteiger charge is -2.10. The molecule has 0 bridgehead atoms. The molecule has 0 saturated heterocycles. The Morgan fingerprint density at radius 2 is 2.22 bits per heavy atom. The molecule has 1 saturated carbocycles. The van der Waals surface area contributed by atoms with Crippen molar-refractivity contribution in [3.05, 3.63) is 33.9 Å². The Hall–Kier alpha value is -2.46. The Morgan fingerprint density at radius 3 is 2.72 bits per heavy atom. The first kappa shape index (κ1) is 12.0. The first-order valence-corrected chi connectivity index (χ1v) is 5.25. The lowest BCUT2D eigenvalue weighted by atomic mass is 10.1. The normalized spacial score (nSPS) is 15.6. The molecule has 0 unspecified atom stereocenters. The number of carbonyl (C=O) groups is 1. The maximum absolute atomic E-state index is 11.7. The molecular weight excluding hydrogens is 236 g/mol. The lowest BCUT2D eigenvalue weighted by molar-refractivity contribution is -0.383. The van der Waals surface area contributed by atoms with Gasteiger partial charge in [0.15, 0.2) is 0 Å². The SMILES string of the molecule is N#Cc1ccc(NC(=O)C2(N)CC2)c([N+](=O)[O-])c1. The van der Waals surface area contributed by atoms with Gasteiger partial charge >= 0.3 is 0 Å². The van der Waals surface area contributed by atoms with Crippen molar-refractivity contribution in [3.63, 3.8) is 0 Å². The number of nitrogens with two attached hydrogens (primary N) is 1. The number of nitriles is 1. The number of amides is 1. The molecule has 3 N–H and O–H groups in total. The van der Waals surface area contributed by atoms with E-state index in [9.17, 15) is 14.9 Å². The molecule has 0 aromatic heterocycles. The summed E-state index contributed by atoms with van der Waals surface area (Å²) in [7, 11) is 0. The maximum Gasteiger partial charge on any atom is 0.294 e. The third kappa shape index (κ3) is 2.14. The van der Waals surface area contributed by atoms with E-state index < -0.39 is 16.4 Å². The van der Waals surface area contributed by atoms with Gasteiger partial charge in [-0.05, 0) is 25.0 Å². The smallest absolute Gasteiger partial charge is 0.294 e. The standard InChI is InChI=1S/C11H10N4O3/c12-6-7-1-2-8(9(5-7)15(17)18)14-10(16)11(13)3-4-11/h1-2,5H,3-4,13H2,(H,14,16). The highest BCUT2D eigenvalue weighted by Gasteiger charge is 2.46. The molecule has 1 aromatic carbocycles. The number of anilines is 1. The first-order valence-electron chi connectivity index (χ1n) is 5.25. The molecule has 0 aliphatic heterocycles. The van der Waals surface area contributed by atoms with E-state index in [1.807, 2.05) is 0 Å². The molecular formula is C11H10N4O3. The van der Waals surface area contributed by atoms with E-state index in [0.717, 1.165) is 6.07 Å². The summed E-state index contributed by atoms with van der Waals surface area (Å²) in [6.07, 6.45) is 1.14. The van der Waals surface area contributed by atoms with E-state index >= 15 is 0 Å². The summed E-state index contributed by atoms with van der Waals surface area (Å²) in [4.78, 5) is 21.9. The molecule has 18 heavy (non-hydrogen) atoms. The number of nitro benzene ring substituents is 1. The van der Waals surface area contributed by atoms with Crippen LogP contribution in [-0.4, -0.2) is 16.4 Å². The topological polar surface area (TPSA) is 122 Å². The molecule has 0 heterocycles. The van der Waals surface area contributed by atoms with Gasteiger partial charge in [0.1, 0.15) is 5.69 Å². The third-order valence-electron chi connectivity index (χ3n) is 2.81. The molecule has 1 aliphatic carbocycles. The summed E-state index contributed by atoms with van der Waals surface area (Å²) in [5, 5.41) is 22.0. The molecule has 0 spiro atoms. The van der Waals surface area contributed by atoms with Crippen molar-refractivity contribution in [2.24, 2.45) is 5.73 Å². The van der Waals surface area contributed by atoms with Crippen LogP contribution in [0, 0.1) is 21.4 Å². The Kier molecular flexibility index (Phi) is 2.73. The Bertz CT molecular complexity index is 572. The van der Waals surface area contributed by atoms with Crippen molar-refractivity contribution in [2.75, 3.05) is 5.32 Å². The van der Waals surface area contributed by atoms with Crippen LogP contribution in [0.1, 0.15) is 18.4 Å². The molecule has 1 aromatic rings. The van der Waals surface area contributed by atoms with Gasteiger partial charge in [0, 0.05) is 6.07 Å². The van der Waals surface area contributed by atoms with Gasteiger partial charge in [-0.1, -0.05) is 0 Å². The van der Waals surface area contributed by atoms with Crippen molar-refractivity contribution < 1.29 is 9.72 Å². The number of nitrogens with zero attached hydrogens (tertiary/aromatic N) is 2. The molecule has 0 radical (unpaired) electrons. The van der Waals surface area contributed by atoms with Crippen LogP contribution in [0.4, 0.5) is 11.4 Å². The minimum atomic E-state index is -0.901. The second-order valence-corrected chi connectivity index (χ2v) is 4.21. The van der Waals surface area contributed by atoms with Gasteiger partial charge < -0.3 is 11.1 Å². The number of nitro groups is 1. The van der Waals surface area contributed by atoms with Crippen LogP contribution in [-0.2, 0) is 4.79 Å². The summed E-state index contributed by atoms with van der Waals surface area (Å²) in [6.45, 7) is 0. The van der Waals surface area contributed by atoms with Crippen molar-refractivity contribution in [2.45, 2.75) is 18.4 Å². The van der Waals surface area contributed by atoms with Gasteiger partial charge in [0.2, 0.25) is 5.91 Å². The van der Waals surface area contributed by atoms with Crippen LogP contribution in [0.15, 0.2) is 18.2 Å². The molecule has 7 nitrogen and oxygen atoms in total. The quantitative estimate of drug-likeness (QED) is 0.605. The van der Waals surface area contributed by atoms with Gasteiger partial charge in [0.05, 0.1) is 22.1 Å². The average molecular weight is 246 g/mol. The molecule has 2 rings (SSSR count). The van der Waals surface area contributed by atoms with E-state index in [4.69, 9.17) is 11.0 Å². The summed E-state index contributed by atoms with van der Waals surface area (Å²) >= 11 is 0. The highest BCUT2D eigenvalue weighted by atomic mass is 16.6. The van der Waals surface area contributed by atoms with Gasteiger partial charge in [-0.2, -0.15) is 5.26 Å². The zero-order chi connectivity index (χ0) is 13.3. The largest absolute Gasteiger partial charge is 0.319 e. The Morgan fingerprint density at radius 1 is 1.56 bits per heavy atom. The van der Waals surface area contributed by atoms with Crippen LogP contribution in [0.25, 0.3) is 0 Å². The zero-order valence-electron chi connectivity index (χ0n) is 9.34. The first-order chi connectivity index (χ1) is 8.46. The number of rotatable bonds is 3. The summed E-state index contributed by atoms with van der Waals surface area (Å²) < 4.78 is 0. The predicted molar refractivity (Wildman–Crippen MR) is 62.6 cm³/mol. The van der Waals surface area contributed by atoms with E-state index in [0.29, 0.717) is 12.8 Å². The van der Waals surface area contributed by atoms with Gasteiger partial charge in [-0.15, -0.1) is 0 Å². The Labute approximate surface area is 102 Å². The number of nitrogens with one attached hydrogen (secondary N) is 1. The van der Waals surface area contributed by atoms with E-state index in [2.05, 4.69) is 5.32 Å². The van der Waals surface area contributed by atoms with Crippen LogP contribution >= 0.6 is 0 Å². The van der Waals surface area contributed by atoms with Gasteiger partial charge in [-0.25, -0.2) is 0 Å². The fraction of sp³-hybridized carbons (Fsp3) is 0.273. The van der Waals surface area contributed by atoms with Gasteiger partial charge in [0.25, 0.3) is 5.69 Å². The molecule has 92 valence electrons. The summed E-state index contributed by atoms with van der Waals surface area (Å²) in [5.41, 5.74) is 4.69. The maximum atomic E-state index is 11.7. The number of carbonyl (C=O) groups excluding carboxylic acids is 1. The predicted octanol–water partition coefficient (Wildman–Crippen LogP) is 0.896. The third-order valence-corrected chi connectivity index (χ3v) is 2.81. The van der Waals surface area contributed by atoms with E-state index in [1.165, 1.54) is 12.1 Å². The minimum Gasteiger partial charge on any atom is -0.319 e. The number of hydrogen-bond donors (Lipinski definition) is 2. The molecule has 7 heteroatoms. The van der Waals surface area contributed by atoms with Crippen molar-refractivity contribution in [1.82, 2.24) is 0 Å². The lowest BCUT2D eigenvalue weighted by Crippen LogP contribution is -2.37. The zero-order valence-corrected chi connectivity index (χ0v) is 9.34. The number of hydrogen-bond acceptors (Lipinski definition) is 5. The molecule has 1 amide bonds. The fourth-order valence-corrected chi connectivity index (χ4v) is 1.47. The van der Waals surface area contributed by atoms with Crippen LogP contribution in [0.2, 0.25) is 0 Å². The molecule has 1 fully saturated rings. The van der Waals surface area contributed by atoms with Crippen molar-refractivity contribution in [3.8, 4) is 6.07 Å².